The van der Waals surface area contributed by atoms with Crippen LogP contribution in [0.3, 0.4) is 0 Å². The number of hydrogen-bond donors (Lipinski definition) is 1. The van der Waals surface area contributed by atoms with Gasteiger partial charge in [0.25, 0.3) is 0 Å². The lowest BCUT2D eigenvalue weighted by molar-refractivity contribution is 0.755. The summed E-state index contributed by atoms with van der Waals surface area (Å²) in [4.78, 5) is 8.37. The summed E-state index contributed by atoms with van der Waals surface area (Å²) in [6.07, 6.45) is 5.43. The van der Waals surface area contributed by atoms with Crippen LogP contribution in [-0.2, 0) is 6.54 Å². The molecule has 1 aromatic heterocycles. The molecule has 0 spiro atoms. The summed E-state index contributed by atoms with van der Waals surface area (Å²) in [6, 6.07) is 0. The highest BCUT2D eigenvalue weighted by atomic mass is 32.2. The summed E-state index contributed by atoms with van der Waals surface area (Å²) in [6.45, 7) is 0.782. The minimum atomic E-state index is 0.782. The van der Waals surface area contributed by atoms with E-state index < -0.39 is 0 Å². The van der Waals surface area contributed by atoms with Crippen molar-refractivity contribution in [2.75, 3.05) is 13.3 Å². The minimum Gasteiger partial charge on any atom is -0.314 e. The van der Waals surface area contributed by atoms with Gasteiger partial charge in [-0.15, -0.1) is 11.8 Å². The van der Waals surface area contributed by atoms with E-state index in [1.807, 2.05) is 13.3 Å². The fourth-order valence-corrected chi connectivity index (χ4v) is 1.34. The second-order valence-electron chi connectivity index (χ2n) is 2.04. The van der Waals surface area contributed by atoms with Gasteiger partial charge in [-0.3, -0.25) is 4.98 Å². The van der Waals surface area contributed by atoms with Gasteiger partial charge in [0.05, 0.1) is 5.69 Å². The molecule has 0 radical (unpaired) electrons. The first-order chi connectivity index (χ1) is 5.38. The molecule has 1 N–H and O–H groups in total. The summed E-state index contributed by atoms with van der Waals surface area (Å²) in [5.41, 5.74) is 1.02. The molecule has 0 saturated carbocycles. The molecular formula is C7H11N3S. The fraction of sp³-hybridized carbons (Fsp3) is 0.429. The molecular weight excluding hydrogens is 158 g/mol. The van der Waals surface area contributed by atoms with Crippen LogP contribution in [0.1, 0.15) is 5.69 Å². The second kappa shape index (κ2) is 4.31. The Morgan fingerprint density at radius 1 is 1.45 bits per heavy atom. The number of hydrogen-bond acceptors (Lipinski definition) is 4. The molecule has 0 bridgehead atoms. The molecule has 1 heterocycles. The van der Waals surface area contributed by atoms with Crippen molar-refractivity contribution < 1.29 is 0 Å². The summed E-state index contributed by atoms with van der Waals surface area (Å²) >= 11 is 1.62. The highest BCUT2D eigenvalue weighted by Gasteiger charge is 2.00. The van der Waals surface area contributed by atoms with Crippen molar-refractivity contribution in [2.24, 2.45) is 0 Å². The second-order valence-corrected chi connectivity index (χ2v) is 2.84. The molecule has 1 rings (SSSR count). The molecule has 0 amide bonds. The number of rotatable bonds is 3. The van der Waals surface area contributed by atoms with E-state index >= 15 is 0 Å². The quantitative estimate of drug-likeness (QED) is 0.683. The molecule has 0 unspecified atom stereocenters. The molecule has 0 aliphatic heterocycles. The van der Waals surface area contributed by atoms with Gasteiger partial charge in [-0.05, 0) is 13.3 Å². The Hall–Kier alpha value is -0.610. The molecule has 0 aromatic carbocycles. The van der Waals surface area contributed by atoms with Crippen LogP contribution in [0.15, 0.2) is 17.4 Å². The van der Waals surface area contributed by atoms with Crippen molar-refractivity contribution >= 4 is 11.8 Å². The maximum atomic E-state index is 4.19. The Balaban J connectivity index is 2.83. The molecule has 11 heavy (non-hydrogen) atoms. The van der Waals surface area contributed by atoms with Crippen molar-refractivity contribution in [1.29, 1.82) is 0 Å². The largest absolute Gasteiger partial charge is 0.314 e. The van der Waals surface area contributed by atoms with Crippen LogP contribution in [0, 0.1) is 0 Å². The predicted molar refractivity (Wildman–Crippen MR) is 46.6 cm³/mol. The van der Waals surface area contributed by atoms with Gasteiger partial charge in [0.2, 0.25) is 0 Å². The maximum Gasteiger partial charge on any atom is 0.119 e. The van der Waals surface area contributed by atoms with Crippen LogP contribution < -0.4 is 5.32 Å². The topological polar surface area (TPSA) is 37.8 Å². The van der Waals surface area contributed by atoms with E-state index in [1.165, 1.54) is 0 Å². The first-order valence-corrected chi connectivity index (χ1v) is 4.59. The zero-order valence-corrected chi connectivity index (χ0v) is 7.48. The van der Waals surface area contributed by atoms with Crippen LogP contribution >= 0.6 is 11.8 Å². The van der Waals surface area contributed by atoms with Gasteiger partial charge in [0.1, 0.15) is 5.03 Å². The molecule has 0 saturated heterocycles. The van der Waals surface area contributed by atoms with Crippen LogP contribution in [0.2, 0.25) is 0 Å². The smallest absolute Gasteiger partial charge is 0.119 e. The minimum absolute atomic E-state index is 0.782. The van der Waals surface area contributed by atoms with Crippen LogP contribution in [0.4, 0.5) is 0 Å². The van der Waals surface area contributed by atoms with Gasteiger partial charge in [-0.25, -0.2) is 4.98 Å². The van der Waals surface area contributed by atoms with E-state index in [0.717, 1.165) is 17.3 Å². The summed E-state index contributed by atoms with van der Waals surface area (Å²) in [7, 11) is 1.90. The molecule has 1 aromatic rings. The average molecular weight is 169 g/mol. The summed E-state index contributed by atoms with van der Waals surface area (Å²) in [5.74, 6) is 0. The summed E-state index contributed by atoms with van der Waals surface area (Å²) in [5, 5.41) is 4.04. The van der Waals surface area contributed by atoms with Crippen molar-refractivity contribution in [3.63, 3.8) is 0 Å². The number of thioether (sulfide) groups is 1. The lowest BCUT2D eigenvalue weighted by atomic mass is 10.4. The van der Waals surface area contributed by atoms with Gasteiger partial charge in [-0.2, -0.15) is 0 Å². The van der Waals surface area contributed by atoms with E-state index in [1.54, 1.807) is 24.2 Å². The van der Waals surface area contributed by atoms with Gasteiger partial charge >= 0.3 is 0 Å². The van der Waals surface area contributed by atoms with E-state index in [0.29, 0.717) is 0 Å². The third-order valence-corrected chi connectivity index (χ3v) is 2.00. The van der Waals surface area contributed by atoms with E-state index in [4.69, 9.17) is 0 Å². The van der Waals surface area contributed by atoms with Crippen molar-refractivity contribution in [1.82, 2.24) is 15.3 Å². The zero-order valence-electron chi connectivity index (χ0n) is 6.66. The Bertz CT molecular complexity index is 227. The first kappa shape index (κ1) is 8.49. The highest BCUT2D eigenvalue weighted by molar-refractivity contribution is 7.98. The van der Waals surface area contributed by atoms with Crippen LogP contribution in [-0.4, -0.2) is 23.3 Å². The van der Waals surface area contributed by atoms with E-state index in [2.05, 4.69) is 15.3 Å². The lowest BCUT2D eigenvalue weighted by Crippen LogP contribution is -2.08. The third-order valence-electron chi connectivity index (χ3n) is 1.27. The molecule has 0 aliphatic rings. The fourth-order valence-electron chi connectivity index (χ4n) is 0.813. The number of nitrogens with one attached hydrogen (secondary N) is 1. The lowest BCUT2D eigenvalue weighted by Gasteiger charge is -2.02. The van der Waals surface area contributed by atoms with Crippen molar-refractivity contribution in [3.8, 4) is 0 Å². The Morgan fingerprint density at radius 2 is 2.18 bits per heavy atom. The first-order valence-electron chi connectivity index (χ1n) is 3.37. The van der Waals surface area contributed by atoms with Gasteiger partial charge in [0.15, 0.2) is 0 Å². The standard InChI is InChI=1S/C7H11N3S/c1-8-5-6-7(11-2)10-4-3-9-6/h3-4,8H,5H2,1-2H3. The molecule has 60 valence electrons. The zero-order chi connectivity index (χ0) is 8.10. The normalized spacial score (nSPS) is 10.0. The maximum absolute atomic E-state index is 4.19. The molecule has 4 heteroatoms. The third kappa shape index (κ3) is 2.17. The van der Waals surface area contributed by atoms with E-state index in [9.17, 15) is 0 Å². The molecule has 0 atom stereocenters. The SMILES string of the molecule is CNCc1nccnc1SC. The average Bonchev–Trinajstić information content (AvgIpc) is 2.06. The van der Waals surface area contributed by atoms with Crippen molar-refractivity contribution in [3.05, 3.63) is 18.1 Å². The molecule has 0 fully saturated rings. The van der Waals surface area contributed by atoms with Gasteiger partial charge < -0.3 is 5.32 Å². The highest BCUT2D eigenvalue weighted by Crippen LogP contribution is 2.13. The van der Waals surface area contributed by atoms with E-state index in [-0.39, 0.29) is 0 Å². The number of nitrogens with zero attached hydrogens (tertiary/aromatic N) is 2. The van der Waals surface area contributed by atoms with Crippen LogP contribution in [0.25, 0.3) is 0 Å². The van der Waals surface area contributed by atoms with Gasteiger partial charge in [-0.1, -0.05) is 0 Å². The number of aromatic nitrogens is 2. The Morgan fingerprint density at radius 3 is 2.82 bits per heavy atom. The summed E-state index contributed by atoms with van der Waals surface area (Å²) < 4.78 is 0. The molecule has 0 aliphatic carbocycles. The Labute approximate surface area is 70.6 Å². The van der Waals surface area contributed by atoms with Crippen molar-refractivity contribution in [2.45, 2.75) is 11.6 Å². The molecule has 3 nitrogen and oxygen atoms in total. The van der Waals surface area contributed by atoms with Crippen LogP contribution in [0.5, 0.6) is 0 Å². The monoisotopic (exact) mass is 169 g/mol. The Kier molecular flexibility index (Phi) is 3.32. The predicted octanol–water partition coefficient (Wildman–Crippen LogP) is 0.918. The van der Waals surface area contributed by atoms with Gasteiger partial charge in [0, 0.05) is 18.9 Å².